The number of halogens is 3. The topological polar surface area (TPSA) is 93.4 Å². The molecule has 0 saturated carbocycles. The highest BCUT2D eigenvalue weighted by atomic mass is 79.9. The van der Waals surface area contributed by atoms with Gasteiger partial charge in [-0.15, -0.1) is 23.2 Å². The van der Waals surface area contributed by atoms with Crippen molar-refractivity contribution in [3.8, 4) is 5.75 Å². The van der Waals surface area contributed by atoms with E-state index in [9.17, 15) is 4.57 Å². The smallest absolute Gasteiger partial charge is 0.390 e. The van der Waals surface area contributed by atoms with Gasteiger partial charge in [-0.25, -0.2) is 24.7 Å². The molecule has 3 rings (SSSR count). The van der Waals surface area contributed by atoms with Crippen LogP contribution in [0.3, 0.4) is 0 Å². The number of alkyl halides is 2. The first-order chi connectivity index (χ1) is 13.9. The van der Waals surface area contributed by atoms with E-state index in [2.05, 4.69) is 31.2 Å². The zero-order chi connectivity index (χ0) is 20.9. The zero-order valence-electron chi connectivity index (χ0n) is 15.3. The van der Waals surface area contributed by atoms with Crippen LogP contribution in [0.15, 0.2) is 53.3 Å². The van der Waals surface area contributed by atoms with E-state index in [0.29, 0.717) is 35.6 Å². The number of aromatic nitrogens is 2. The van der Waals surface area contributed by atoms with Crippen LogP contribution in [0.1, 0.15) is 0 Å². The lowest BCUT2D eigenvalue weighted by molar-refractivity contribution is 0.373. The minimum Gasteiger partial charge on any atom is -0.422 e. The molecule has 0 saturated heterocycles. The van der Waals surface area contributed by atoms with E-state index in [0.717, 1.165) is 10.2 Å². The molecular weight excluding hydrogens is 500 g/mol. The number of rotatable bonds is 9. The maximum atomic E-state index is 12.9. The van der Waals surface area contributed by atoms with E-state index in [1.807, 2.05) is 24.3 Å². The van der Waals surface area contributed by atoms with Crippen molar-refractivity contribution >= 4 is 69.2 Å². The van der Waals surface area contributed by atoms with Crippen LogP contribution in [0.25, 0.3) is 10.9 Å². The monoisotopic (exact) mass is 517 g/mol. The van der Waals surface area contributed by atoms with Crippen molar-refractivity contribution in [3.05, 3.63) is 53.3 Å². The average molecular weight is 519 g/mol. The molecule has 2 aromatic carbocycles. The van der Waals surface area contributed by atoms with E-state index < -0.39 is 7.67 Å². The molecule has 1 heterocycles. The van der Waals surface area contributed by atoms with E-state index in [1.165, 1.54) is 11.0 Å². The lowest BCUT2D eigenvalue weighted by atomic mass is 10.2. The molecule has 1 unspecified atom stereocenters. The normalized spacial score (nSPS) is 13.4. The zero-order valence-corrected chi connectivity index (χ0v) is 19.3. The van der Waals surface area contributed by atoms with Crippen LogP contribution in [-0.2, 0) is 4.57 Å². The summed E-state index contributed by atoms with van der Waals surface area (Å²) >= 11 is 15.0. The van der Waals surface area contributed by atoms with E-state index in [1.54, 1.807) is 18.2 Å². The summed E-state index contributed by atoms with van der Waals surface area (Å²) in [5.74, 6) is 1.44. The van der Waals surface area contributed by atoms with Crippen molar-refractivity contribution in [1.82, 2.24) is 14.6 Å². The van der Waals surface area contributed by atoms with Crippen LogP contribution in [0.4, 0.5) is 11.5 Å². The standard InChI is InChI=1S/C18H19BrCl2N5O2P/c19-13-2-1-3-14(10-13)25-18-16-11-15(4-5-17(16)23-12-24-18)28-29(22,27)26(8-6-20)9-7-21/h1-5,10-12H,6-9H2,(H2,22,27)(H,23,24,25). The summed E-state index contributed by atoms with van der Waals surface area (Å²) in [5.41, 5.74) is 7.53. The van der Waals surface area contributed by atoms with Gasteiger partial charge >= 0.3 is 7.67 Å². The maximum absolute atomic E-state index is 12.9. The van der Waals surface area contributed by atoms with Crippen LogP contribution in [-0.4, -0.2) is 39.5 Å². The summed E-state index contributed by atoms with van der Waals surface area (Å²) in [7, 11) is -3.63. The highest BCUT2D eigenvalue weighted by molar-refractivity contribution is 9.10. The van der Waals surface area contributed by atoms with Gasteiger partial charge in [0.15, 0.2) is 0 Å². The molecule has 3 aromatic rings. The Morgan fingerprint density at radius 2 is 1.90 bits per heavy atom. The Labute approximate surface area is 187 Å². The van der Waals surface area contributed by atoms with Crippen molar-refractivity contribution in [2.75, 3.05) is 30.2 Å². The highest BCUT2D eigenvalue weighted by Gasteiger charge is 2.28. The first-order valence-electron chi connectivity index (χ1n) is 8.66. The van der Waals surface area contributed by atoms with E-state index in [4.69, 9.17) is 33.2 Å². The molecule has 0 aliphatic carbocycles. The molecule has 0 radical (unpaired) electrons. The minimum atomic E-state index is -3.63. The van der Waals surface area contributed by atoms with Gasteiger partial charge in [0.05, 0.1) is 5.52 Å². The third kappa shape index (κ3) is 5.81. The van der Waals surface area contributed by atoms with Crippen molar-refractivity contribution in [3.63, 3.8) is 0 Å². The van der Waals surface area contributed by atoms with Gasteiger partial charge in [0, 0.05) is 40.4 Å². The fraction of sp³-hybridized carbons (Fsp3) is 0.222. The van der Waals surface area contributed by atoms with Gasteiger partial charge < -0.3 is 9.84 Å². The van der Waals surface area contributed by atoms with Crippen molar-refractivity contribution in [2.45, 2.75) is 0 Å². The quantitative estimate of drug-likeness (QED) is 0.291. The van der Waals surface area contributed by atoms with Crippen molar-refractivity contribution < 1.29 is 9.09 Å². The SMILES string of the molecule is NP(=O)(Oc1ccc2ncnc(Nc3cccc(Br)c3)c2c1)N(CCCl)CCCl. The molecule has 29 heavy (non-hydrogen) atoms. The number of hydrogen-bond acceptors (Lipinski definition) is 5. The van der Waals surface area contributed by atoms with Gasteiger partial charge in [-0.05, 0) is 36.4 Å². The molecule has 0 aliphatic rings. The molecule has 1 aromatic heterocycles. The lowest BCUT2D eigenvalue weighted by Crippen LogP contribution is -2.30. The van der Waals surface area contributed by atoms with Gasteiger partial charge in [0.25, 0.3) is 0 Å². The molecule has 7 nitrogen and oxygen atoms in total. The second-order valence-corrected chi connectivity index (χ2v) is 9.57. The molecular formula is C18H19BrCl2N5O2P. The predicted molar refractivity (Wildman–Crippen MR) is 122 cm³/mol. The Morgan fingerprint density at radius 3 is 2.59 bits per heavy atom. The lowest BCUT2D eigenvalue weighted by Gasteiger charge is -2.26. The third-order valence-electron chi connectivity index (χ3n) is 4.01. The second kappa shape index (κ2) is 10.1. The average Bonchev–Trinajstić information content (AvgIpc) is 2.68. The van der Waals surface area contributed by atoms with Crippen LogP contribution in [0, 0.1) is 0 Å². The van der Waals surface area contributed by atoms with Crippen molar-refractivity contribution in [1.29, 1.82) is 0 Å². The number of fused-ring (bicyclic) bond motifs is 1. The highest BCUT2D eigenvalue weighted by Crippen LogP contribution is 2.43. The van der Waals surface area contributed by atoms with Crippen molar-refractivity contribution in [2.24, 2.45) is 5.50 Å². The first kappa shape index (κ1) is 22.3. The van der Waals surface area contributed by atoms with E-state index >= 15 is 0 Å². The molecule has 11 heteroatoms. The first-order valence-corrected chi connectivity index (χ1v) is 12.2. The number of nitrogens with one attached hydrogen (secondary N) is 1. The van der Waals surface area contributed by atoms with Gasteiger partial charge in [-0.1, -0.05) is 22.0 Å². The predicted octanol–water partition coefficient (Wildman–Crippen LogP) is 5.36. The maximum Gasteiger partial charge on any atom is 0.390 e. The minimum absolute atomic E-state index is 0.258. The summed E-state index contributed by atoms with van der Waals surface area (Å²) in [6, 6.07) is 12.8. The fourth-order valence-corrected chi connectivity index (χ4v) is 5.02. The Morgan fingerprint density at radius 1 is 1.14 bits per heavy atom. The molecule has 0 aliphatic heterocycles. The number of nitrogens with zero attached hydrogens (tertiary/aromatic N) is 3. The molecule has 0 spiro atoms. The largest absolute Gasteiger partial charge is 0.422 e. The molecule has 154 valence electrons. The summed E-state index contributed by atoms with van der Waals surface area (Å²) in [6.45, 7) is 0.600. The van der Waals surface area contributed by atoms with Gasteiger partial charge in [0.2, 0.25) is 0 Å². The number of hydrogen-bond donors (Lipinski definition) is 2. The number of benzene rings is 2. The molecule has 0 fully saturated rings. The van der Waals surface area contributed by atoms with Gasteiger partial charge in [-0.3, -0.25) is 0 Å². The third-order valence-corrected chi connectivity index (χ3v) is 6.50. The Hall–Kier alpha value is -1.41. The number of nitrogens with two attached hydrogens (primary N) is 1. The van der Waals surface area contributed by atoms with Crippen LogP contribution < -0.4 is 15.3 Å². The van der Waals surface area contributed by atoms with Crippen LogP contribution in [0.5, 0.6) is 5.75 Å². The Bertz CT molecular complexity index is 1040. The van der Waals surface area contributed by atoms with Gasteiger partial charge in [0.1, 0.15) is 17.9 Å². The van der Waals surface area contributed by atoms with Crippen LogP contribution in [0.2, 0.25) is 0 Å². The molecule has 3 N–H and O–H groups in total. The summed E-state index contributed by atoms with van der Waals surface area (Å²) in [4.78, 5) is 8.60. The second-order valence-electron chi connectivity index (χ2n) is 6.02. The summed E-state index contributed by atoms with van der Waals surface area (Å²) < 4.78 is 21.0. The van der Waals surface area contributed by atoms with E-state index in [-0.39, 0.29) is 11.8 Å². The Balaban J connectivity index is 1.91. The summed E-state index contributed by atoms with van der Waals surface area (Å²) in [6.07, 6.45) is 1.47. The van der Waals surface area contributed by atoms with Gasteiger partial charge in [-0.2, -0.15) is 0 Å². The molecule has 0 amide bonds. The molecule has 0 bridgehead atoms. The Kier molecular flexibility index (Phi) is 7.73. The number of anilines is 2. The molecule has 1 atom stereocenters. The van der Waals surface area contributed by atoms with Crippen LogP contribution >= 0.6 is 46.8 Å². The fourth-order valence-electron chi connectivity index (χ4n) is 2.69. The summed E-state index contributed by atoms with van der Waals surface area (Å²) in [5, 5.41) is 3.96.